The van der Waals surface area contributed by atoms with E-state index in [0.29, 0.717) is 18.9 Å². The standard InChI is InChI=1S/C20H23N7O2S/c28-10-8-26(9-11-29)18-17-15-6-7-25(12-14-4-2-1-3-5-14)13-16(15)30-19(17)27-20(21-18)22-23-24-27/h1-5,28-29H,6-13H2. The average molecular weight is 426 g/mol. The van der Waals surface area contributed by atoms with Crippen molar-refractivity contribution in [2.45, 2.75) is 19.5 Å². The van der Waals surface area contributed by atoms with Crippen molar-refractivity contribution in [2.24, 2.45) is 0 Å². The Labute approximate surface area is 177 Å². The van der Waals surface area contributed by atoms with Gasteiger partial charge in [-0.1, -0.05) is 35.4 Å². The Hall–Kier alpha value is -2.66. The molecule has 3 aromatic heterocycles. The Morgan fingerprint density at radius 2 is 1.90 bits per heavy atom. The summed E-state index contributed by atoms with van der Waals surface area (Å²) in [6, 6.07) is 10.5. The SMILES string of the molecule is OCCN(CCO)c1nc2nnnn2c2sc3c(c12)CCN(Cc1ccccc1)C3. The van der Waals surface area contributed by atoms with Gasteiger partial charge in [0.1, 0.15) is 10.6 Å². The zero-order valence-electron chi connectivity index (χ0n) is 16.5. The molecule has 156 valence electrons. The van der Waals surface area contributed by atoms with Gasteiger partial charge in [0.2, 0.25) is 0 Å². The van der Waals surface area contributed by atoms with Crippen LogP contribution in [-0.4, -0.2) is 73.0 Å². The Morgan fingerprint density at radius 3 is 2.67 bits per heavy atom. The van der Waals surface area contributed by atoms with Gasteiger partial charge in [0.05, 0.1) is 18.6 Å². The maximum Gasteiger partial charge on any atom is 0.276 e. The number of anilines is 1. The monoisotopic (exact) mass is 425 g/mol. The fraction of sp³-hybridized carbons (Fsp3) is 0.400. The van der Waals surface area contributed by atoms with E-state index in [-0.39, 0.29) is 13.2 Å². The average Bonchev–Trinajstić information content (AvgIpc) is 3.38. The van der Waals surface area contributed by atoms with Gasteiger partial charge in [0, 0.05) is 37.6 Å². The first-order valence-corrected chi connectivity index (χ1v) is 10.9. The Bertz CT molecular complexity index is 1150. The van der Waals surface area contributed by atoms with Gasteiger partial charge in [0.15, 0.2) is 0 Å². The number of nitrogens with zero attached hydrogens (tertiary/aromatic N) is 7. The molecule has 2 N–H and O–H groups in total. The molecule has 0 aliphatic carbocycles. The van der Waals surface area contributed by atoms with Gasteiger partial charge in [-0.2, -0.15) is 9.50 Å². The smallest absolute Gasteiger partial charge is 0.276 e. The highest BCUT2D eigenvalue weighted by Gasteiger charge is 2.27. The van der Waals surface area contributed by atoms with Crippen LogP contribution in [0.1, 0.15) is 16.0 Å². The topological polar surface area (TPSA) is 103 Å². The molecule has 0 bridgehead atoms. The van der Waals surface area contributed by atoms with Gasteiger partial charge < -0.3 is 15.1 Å². The Morgan fingerprint density at radius 1 is 1.10 bits per heavy atom. The van der Waals surface area contributed by atoms with E-state index in [9.17, 15) is 10.2 Å². The number of hydrogen-bond acceptors (Lipinski definition) is 9. The zero-order chi connectivity index (χ0) is 20.5. The molecular weight excluding hydrogens is 402 g/mol. The Balaban J connectivity index is 1.58. The molecule has 0 fully saturated rings. The largest absolute Gasteiger partial charge is 0.395 e. The van der Waals surface area contributed by atoms with E-state index in [1.54, 1.807) is 15.9 Å². The van der Waals surface area contributed by atoms with Crippen molar-refractivity contribution in [3.63, 3.8) is 0 Å². The number of fused-ring (bicyclic) bond motifs is 5. The molecule has 0 unspecified atom stereocenters. The number of benzene rings is 1. The molecule has 0 radical (unpaired) electrons. The second-order valence-corrected chi connectivity index (χ2v) is 8.47. The molecule has 0 amide bonds. The molecule has 1 aliphatic heterocycles. The third-order valence-corrected chi connectivity index (χ3v) is 6.67. The maximum absolute atomic E-state index is 9.53. The number of thiophene rings is 1. The van der Waals surface area contributed by atoms with Gasteiger partial charge >= 0.3 is 0 Å². The van der Waals surface area contributed by atoms with Crippen LogP contribution in [0.15, 0.2) is 30.3 Å². The number of rotatable bonds is 7. The third-order valence-electron chi connectivity index (χ3n) is 5.48. The van der Waals surface area contributed by atoms with Crippen LogP contribution < -0.4 is 4.90 Å². The van der Waals surface area contributed by atoms with E-state index in [1.807, 2.05) is 11.0 Å². The van der Waals surface area contributed by atoms with Gasteiger partial charge in [-0.05, 0) is 28.0 Å². The minimum atomic E-state index is -0.0174. The third kappa shape index (κ3) is 3.41. The molecule has 1 aromatic carbocycles. The zero-order valence-corrected chi connectivity index (χ0v) is 17.3. The lowest BCUT2D eigenvalue weighted by Gasteiger charge is -2.28. The van der Waals surface area contributed by atoms with Crippen molar-refractivity contribution in [2.75, 3.05) is 37.7 Å². The first-order valence-electron chi connectivity index (χ1n) is 10.0. The van der Waals surface area contributed by atoms with Crippen molar-refractivity contribution < 1.29 is 10.2 Å². The van der Waals surface area contributed by atoms with Crippen molar-refractivity contribution in [1.82, 2.24) is 29.9 Å². The van der Waals surface area contributed by atoms with Crippen molar-refractivity contribution >= 4 is 33.1 Å². The van der Waals surface area contributed by atoms with Gasteiger partial charge in [-0.3, -0.25) is 4.90 Å². The molecule has 0 atom stereocenters. The van der Waals surface area contributed by atoms with E-state index >= 15 is 0 Å². The fourth-order valence-corrected chi connectivity index (χ4v) is 5.46. The lowest BCUT2D eigenvalue weighted by molar-refractivity contribution is 0.249. The molecule has 5 rings (SSSR count). The first kappa shape index (κ1) is 19.3. The molecule has 10 heteroatoms. The van der Waals surface area contributed by atoms with E-state index in [1.165, 1.54) is 16.0 Å². The summed E-state index contributed by atoms with van der Waals surface area (Å²) in [6.45, 7) is 3.50. The van der Waals surface area contributed by atoms with Crippen LogP contribution in [0.3, 0.4) is 0 Å². The molecule has 9 nitrogen and oxygen atoms in total. The summed E-state index contributed by atoms with van der Waals surface area (Å²) in [7, 11) is 0. The molecule has 4 heterocycles. The summed E-state index contributed by atoms with van der Waals surface area (Å²) in [6.07, 6.45) is 0.913. The van der Waals surface area contributed by atoms with Gasteiger partial charge in [-0.25, -0.2) is 0 Å². The first-order chi connectivity index (χ1) is 14.8. The highest BCUT2D eigenvalue weighted by atomic mass is 32.1. The van der Waals surface area contributed by atoms with Crippen LogP contribution in [0.5, 0.6) is 0 Å². The molecule has 4 aromatic rings. The summed E-state index contributed by atoms with van der Waals surface area (Å²) in [4.78, 5) is 11.3. The van der Waals surface area contributed by atoms with E-state index in [4.69, 9.17) is 4.98 Å². The van der Waals surface area contributed by atoms with Crippen LogP contribution in [0.25, 0.3) is 16.0 Å². The molecule has 30 heavy (non-hydrogen) atoms. The van der Waals surface area contributed by atoms with Crippen molar-refractivity contribution in [1.29, 1.82) is 0 Å². The summed E-state index contributed by atoms with van der Waals surface area (Å²) in [5, 5.41) is 32.1. The Kier molecular flexibility index (Phi) is 5.30. The van der Waals surface area contributed by atoms with Crippen LogP contribution in [0.2, 0.25) is 0 Å². The van der Waals surface area contributed by atoms with Crippen LogP contribution in [0.4, 0.5) is 5.82 Å². The molecule has 1 aliphatic rings. The lowest BCUT2D eigenvalue weighted by atomic mass is 10.0. The predicted octanol–water partition coefficient (Wildman–Crippen LogP) is 1.08. The van der Waals surface area contributed by atoms with E-state index < -0.39 is 0 Å². The quantitative estimate of drug-likeness (QED) is 0.454. The number of hydrogen-bond donors (Lipinski definition) is 2. The van der Waals surface area contributed by atoms with Gasteiger partial charge in [0.25, 0.3) is 5.78 Å². The maximum atomic E-state index is 9.53. The summed E-state index contributed by atoms with van der Waals surface area (Å²) in [5.74, 6) is 1.17. The number of aliphatic hydroxyl groups is 2. The summed E-state index contributed by atoms with van der Waals surface area (Å²) < 4.78 is 1.69. The van der Waals surface area contributed by atoms with E-state index in [0.717, 1.165) is 42.1 Å². The molecule has 0 saturated carbocycles. The number of aromatic nitrogens is 5. The minimum Gasteiger partial charge on any atom is -0.395 e. The lowest BCUT2D eigenvalue weighted by Crippen LogP contribution is -2.31. The normalized spacial score (nSPS) is 14.5. The second kappa shape index (κ2) is 8.23. The molecule has 0 spiro atoms. The van der Waals surface area contributed by atoms with Crippen molar-refractivity contribution in [3.05, 3.63) is 46.3 Å². The van der Waals surface area contributed by atoms with Crippen LogP contribution >= 0.6 is 11.3 Å². The summed E-state index contributed by atoms with van der Waals surface area (Å²) in [5.41, 5.74) is 2.59. The fourth-order valence-electron chi connectivity index (χ4n) is 4.13. The van der Waals surface area contributed by atoms with Crippen LogP contribution in [-0.2, 0) is 19.5 Å². The predicted molar refractivity (Wildman–Crippen MR) is 115 cm³/mol. The van der Waals surface area contributed by atoms with Crippen molar-refractivity contribution in [3.8, 4) is 0 Å². The van der Waals surface area contributed by atoms with Gasteiger partial charge in [-0.15, -0.1) is 11.3 Å². The number of aliphatic hydroxyl groups excluding tert-OH is 2. The minimum absolute atomic E-state index is 0.0174. The van der Waals surface area contributed by atoms with Crippen LogP contribution in [0, 0.1) is 0 Å². The summed E-state index contributed by atoms with van der Waals surface area (Å²) >= 11 is 1.70. The molecular formula is C20H23N7O2S. The highest BCUT2D eigenvalue weighted by Crippen LogP contribution is 2.39. The molecule has 0 saturated heterocycles. The highest BCUT2D eigenvalue weighted by molar-refractivity contribution is 7.19. The van der Waals surface area contributed by atoms with E-state index in [2.05, 4.69) is 44.7 Å². The second-order valence-electron chi connectivity index (χ2n) is 7.39. The number of tetrazole rings is 1.